The number of alkyl halides is 3. The summed E-state index contributed by atoms with van der Waals surface area (Å²) in [7, 11) is 0. The van der Waals surface area contributed by atoms with E-state index in [0.29, 0.717) is 6.42 Å². The van der Waals surface area contributed by atoms with Gasteiger partial charge in [-0.15, -0.1) is 0 Å². The van der Waals surface area contributed by atoms with Gasteiger partial charge in [0, 0.05) is 24.0 Å². The molecule has 166 valence electrons. The number of benzene rings is 1. The van der Waals surface area contributed by atoms with Gasteiger partial charge in [-0.2, -0.15) is 13.2 Å². The third-order valence-corrected chi connectivity index (χ3v) is 5.83. The number of rotatable bonds is 1. The number of esters is 1. The molecule has 0 radical (unpaired) electrons. The number of ketones is 2. The Labute approximate surface area is 177 Å². The van der Waals surface area contributed by atoms with E-state index in [9.17, 15) is 27.6 Å². The lowest BCUT2D eigenvalue weighted by Gasteiger charge is -2.31. The van der Waals surface area contributed by atoms with Crippen LogP contribution in [0.1, 0.15) is 74.9 Å². The summed E-state index contributed by atoms with van der Waals surface area (Å²) in [5, 5.41) is 0. The topological polar surface area (TPSA) is 69.7 Å². The van der Waals surface area contributed by atoms with Crippen molar-refractivity contribution in [3.63, 3.8) is 0 Å². The van der Waals surface area contributed by atoms with Crippen molar-refractivity contribution in [1.82, 2.24) is 0 Å². The zero-order valence-electron chi connectivity index (χ0n) is 17.9. The molecule has 0 saturated carbocycles. The monoisotopic (exact) mass is 436 g/mol. The van der Waals surface area contributed by atoms with Gasteiger partial charge in [0.05, 0.1) is 11.5 Å². The summed E-state index contributed by atoms with van der Waals surface area (Å²) in [6.45, 7) is 8.58. The van der Waals surface area contributed by atoms with Gasteiger partial charge in [0.15, 0.2) is 5.78 Å². The van der Waals surface area contributed by atoms with Crippen LogP contribution in [0.3, 0.4) is 0 Å². The van der Waals surface area contributed by atoms with Gasteiger partial charge in [-0.1, -0.05) is 19.9 Å². The molecule has 1 aromatic carbocycles. The highest BCUT2D eigenvalue weighted by atomic mass is 19.4. The summed E-state index contributed by atoms with van der Waals surface area (Å²) in [6, 6.07) is 2.75. The maximum absolute atomic E-state index is 13.5. The lowest BCUT2D eigenvalue weighted by molar-refractivity contribution is -0.172. The van der Waals surface area contributed by atoms with Crippen molar-refractivity contribution in [3.05, 3.63) is 46.2 Å². The molecule has 5 nitrogen and oxygen atoms in total. The van der Waals surface area contributed by atoms with Crippen LogP contribution >= 0.6 is 0 Å². The minimum atomic E-state index is -4.66. The summed E-state index contributed by atoms with van der Waals surface area (Å²) in [5.41, 5.74) is -4.53. The molecule has 4 rings (SSSR count). The largest absolute Gasteiger partial charge is 0.470 e. The van der Waals surface area contributed by atoms with E-state index in [-0.39, 0.29) is 34.7 Å². The number of halogens is 3. The number of hydrogen-bond acceptors (Lipinski definition) is 5. The van der Waals surface area contributed by atoms with Crippen LogP contribution in [0.4, 0.5) is 13.2 Å². The van der Waals surface area contributed by atoms with Crippen molar-refractivity contribution >= 4 is 17.5 Å². The summed E-state index contributed by atoms with van der Waals surface area (Å²) >= 11 is 0. The summed E-state index contributed by atoms with van der Waals surface area (Å²) in [6.07, 6.45) is -4.15. The fourth-order valence-corrected chi connectivity index (χ4v) is 4.69. The first-order chi connectivity index (χ1) is 14.1. The number of hydrogen-bond donors (Lipinski definition) is 0. The molecule has 2 atom stereocenters. The van der Waals surface area contributed by atoms with E-state index >= 15 is 0 Å². The fourth-order valence-electron chi connectivity index (χ4n) is 4.69. The predicted molar refractivity (Wildman–Crippen MR) is 103 cm³/mol. The van der Waals surface area contributed by atoms with Gasteiger partial charge >= 0.3 is 12.1 Å². The average Bonchev–Trinajstić information content (AvgIpc) is 3.03. The van der Waals surface area contributed by atoms with Crippen LogP contribution in [0.15, 0.2) is 29.5 Å². The molecule has 1 aliphatic heterocycles. The SMILES string of the molecule is CC1(C)CC(=O)C2=C(C1)O[C@@]1(C(=O)OC(C)(C)C)C(=O)c3cc(C(F)(F)F)ccc3[C@@H]21. The van der Waals surface area contributed by atoms with E-state index in [1.54, 1.807) is 20.8 Å². The van der Waals surface area contributed by atoms with Crippen molar-refractivity contribution in [1.29, 1.82) is 0 Å². The first-order valence-electron chi connectivity index (χ1n) is 10.0. The lowest BCUT2D eigenvalue weighted by atomic mass is 9.72. The maximum atomic E-state index is 13.5. The molecule has 1 aromatic rings. The fraction of sp³-hybridized carbons (Fsp3) is 0.522. The molecule has 2 aliphatic carbocycles. The minimum Gasteiger partial charge on any atom is -0.470 e. The molecule has 0 bridgehead atoms. The highest BCUT2D eigenvalue weighted by Crippen LogP contribution is 2.59. The Bertz CT molecular complexity index is 1060. The first kappa shape index (κ1) is 21.6. The second-order valence-electron chi connectivity index (χ2n) is 10.2. The zero-order valence-corrected chi connectivity index (χ0v) is 17.9. The van der Waals surface area contributed by atoms with Crippen molar-refractivity contribution in [2.24, 2.45) is 5.41 Å². The summed E-state index contributed by atoms with van der Waals surface area (Å²) < 4.78 is 51.2. The van der Waals surface area contributed by atoms with Crippen molar-refractivity contribution < 1.29 is 37.0 Å². The minimum absolute atomic E-state index is 0.181. The van der Waals surface area contributed by atoms with Crippen LogP contribution < -0.4 is 0 Å². The molecule has 0 amide bonds. The lowest BCUT2D eigenvalue weighted by Crippen LogP contribution is -2.50. The molecule has 31 heavy (non-hydrogen) atoms. The maximum Gasteiger partial charge on any atom is 0.416 e. The van der Waals surface area contributed by atoms with E-state index in [2.05, 4.69) is 0 Å². The highest BCUT2D eigenvalue weighted by Gasteiger charge is 2.69. The number of carbonyl (C=O) groups is 3. The van der Waals surface area contributed by atoms with Crippen LogP contribution in [0, 0.1) is 5.41 Å². The van der Waals surface area contributed by atoms with Gasteiger partial charge in [0.25, 0.3) is 5.60 Å². The quantitative estimate of drug-likeness (QED) is 0.470. The van der Waals surface area contributed by atoms with Gasteiger partial charge in [-0.25, -0.2) is 4.79 Å². The normalized spacial score (nSPS) is 26.9. The molecule has 0 fully saturated rings. The number of ether oxygens (including phenoxy) is 2. The number of carbonyl (C=O) groups excluding carboxylic acids is 3. The van der Waals surface area contributed by atoms with Gasteiger partial charge in [0.2, 0.25) is 5.78 Å². The van der Waals surface area contributed by atoms with E-state index < -0.39 is 46.0 Å². The van der Waals surface area contributed by atoms with Gasteiger partial charge < -0.3 is 9.47 Å². The predicted octanol–water partition coefficient (Wildman–Crippen LogP) is 4.74. The second-order valence-corrected chi connectivity index (χ2v) is 10.2. The van der Waals surface area contributed by atoms with Crippen LogP contribution in [0.2, 0.25) is 0 Å². The van der Waals surface area contributed by atoms with E-state index in [1.807, 2.05) is 13.8 Å². The van der Waals surface area contributed by atoms with Gasteiger partial charge in [-0.05, 0) is 43.9 Å². The zero-order chi connectivity index (χ0) is 23.1. The summed E-state index contributed by atoms with van der Waals surface area (Å²) in [4.78, 5) is 39.8. The number of Topliss-reactive ketones (excluding diaryl/α,β-unsaturated/α-hetero) is 2. The van der Waals surface area contributed by atoms with E-state index in [0.717, 1.165) is 12.1 Å². The van der Waals surface area contributed by atoms with Crippen molar-refractivity contribution in [3.8, 4) is 0 Å². The van der Waals surface area contributed by atoms with Crippen LogP contribution in [0.25, 0.3) is 0 Å². The molecule has 0 aromatic heterocycles. The van der Waals surface area contributed by atoms with Crippen molar-refractivity contribution in [2.45, 2.75) is 70.8 Å². The molecule has 3 aliphatic rings. The Morgan fingerprint density at radius 1 is 1.13 bits per heavy atom. The molecule has 0 unspecified atom stereocenters. The van der Waals surface area contributed by atoms with Crippen molar-refractivity contribution in [2.75, 3.05) is 0 Å². The van der Waals surface area contributed by atoms with Gasteiger partial charge in [-0.3, -0.25) is 9.59 Å². The molecule has 1 heterocycles. The highest BCUT2D eigenvalue weighted by molar-refractivity contribution is 6.23. The Morgan fingerprint density at radius 2 is 1.77 bits per heavy atom. The second kappa shape index (κ2) is 6.20. The van der Waals surface area contributed by atoms with Crippen LogP contribution in [0.5, 0.6) is 0 Å². The number of fused-ring (bicyclic) bond motifs is 4. The molecule has 8 heteroatoms. The molecule has 0 N–H and O–H groups in total. The Morgan fingerprint density at radius 3 is 2.35 bits per heavy atom. The Hall–Kier alpha value is -2.64. The van der Waals surface area contributed by atoms with Crippen LogP contribution in [-0.4, -0.2) is 28.7 Å². The Balaban J connectivity index is 1.93. The number of allylic oxidation sites excluding steroid dienone is 1. The summed E-state index contributed by atoms with van der Waals surface area (Å²) in [5.74, 6) is -3.06. The molecule has 0 saturated heterocycles. The first-order valence-corrected chi connectivity index (χ1v) is 10.0. The third kappa shape index (κ3) is 3.18. The standard InChI is InChI=1S/C23H23F3O5/c1-20(2,3)31-19(29)22-17(16-14(27)9-21(4,5)10-15(16)30-22)12-7-6-11(23(24,25)26)8-13(12)18(22)28/h6-8,17H,9-10H2,1-5H3/t17-,22+/m0/s1. The average molecular weight is 436 g/mol. The smallest absolute Gasteiger partial charge is 0.416 e. The van der Waals surface area contributed by atoms with Crippen LogP contribution in [-0.2, 0) is 25.2 Å². The van der Waals surface area contributed by atoms with E-state index in [1.165, 1.54) is 6.07 Å². The molecular formula is C23H23F3O5. The van der Waals surface area contributed by atoms with Gasteiger partial charge in [0.1, 0.15) is 11.4 Å². The molecular weight excluding hydrogens is 413 g/mol. The third-order valence-electron chi connectivity index (χ3n) is 5.83. The Kier molecular flexibility index (Phi) is 4.32. The van der Waals surface area contributed by atoms with E-state index in [4.69, 9.17) is 9.47 Å². The molecule has 0 spiro atoms.